The van der Waals surface area contributed by atoms with Crippen LogP contribution in [0, 0.1) is 12.3 Å². The largest absolute Gasteiger partial charge is 0.328 e. The van der Waals surface area contributed by atoms with Crippen LogP contribution in [0.2, 0.25) is 0 Å². The number of anilines is 1. The van der Waals surface area contributed by atoms with E-state index in [4.69, 9.17) is 5.73 Å². The average molecular weight is 259 g/mol. The number of carbonyl (C=O) groups excluding carboxylic acids is 1. The fourth-order valence-electron chi connectivity index (χ4n) is 3.61. The Morgan fingerprint density at radius 2 is 2.32 bits per heavy atom. The number of carbonyl (C=O) groups is 1. The number of nitrogens with zero attached hydrogens (tertiary/aromatic N) is 2. The van der Waals surface area contributed by atoms with Crippen molar-refractivity contribution >= 4 is 11.7 Å². The SMILES string of the molecule is Cc1cccnc1N1CCC2(CCCC(N)C2)C1=O. The Labute approximate surface area is 114 Å². The molecule has 2 fully saturated rings. The zero-order valence-electron chi connectivity index (χ0n) is 11.4. The molecule has 1 aliphatic heterocycles. The molecule has 2 heterocycles. The van der Waals surface area contributed by atoms with E-state index in [0.29, 0.717) is 0 Å². The topological polar surface area (TPSA) is 59.2 Å². The maximum Gasteiger partial charge on any atom is 0.234 e. The van der Waals surface area contributed by atoms with Crippen LogP contribution in [0.5, 0.6) is 0 Å². The van der Waals surface area contributed by atoms with Gasteiger partial charge in [-0.3, -0.25) is 9.69 Å². The normalized spacial score (nSPS) is 31.2. The molecule has 0 bridgehead atoms. The van der Waals surface area contributed by atoms with Crippen molar-refractivity contribution in [3.63, 3.8) is 0 Å². The first-order valence-electron chi connectivity index (χ1n) is 7.12. The van der Waals surface area contributed by atoms with Crippen LogP contribution in [-0.4, -0.2) is 23.5 Å². The molecule has 1 aliphatic carbocycles. The summed E-state index contributed by atoms with van der Waals surface area (Å²) in [6.45, 7) is 2.79. The van der Waals surface area contributed by atoms with E-state index in [9.17, 15) is 4.79 Å². The maximum absolute atomic E-state index is 12.8. The molecule has 2 N–H and O–H groups in total. The fraction of sp³-hybridized carbons (Fsp3) is 0.600. The van der Waals surface area contributed by atoms with E-state index in [2.05, 4.69) is 4.98 Å². The highest BCUT2D eigenvalue weighted by Gasteiger charge is 2.49. The number of aromatic nitrogens is 1. The summed E-state index contributed by atoms with van der Waals surface area (Å²) < 4.78 is 0. The van der Waals surface area contributed by atoms with Crippen molar-refractivity contribution in [3.05, 3.63) is 23.9 Å². The van der Waals surface area contributed by atoms with Crippen molar-refractivity contribution in [2.24, 2.45) is 11.1 Å². The molecule has 1 spiro atoms. The molecule has 1 saturated carbocycles. The van der Waals surface area contributed by atoms with Gasteiger partial charge in [-0.25, -0.2) is 4.98 Å². The summed E-state index contributed by atoms with van der Waals surface area (Å²) in [4.78, 5) is 19.1. The van der Waals surface area contributed by atoms with Gasteiger partial charge in [0.15, 0.2) is 0 Å². The lowest BCUT2D eigenvalue weighted by Gasteiger charge is -2.34. The molecule has 2 unspecified atom stereocenters. The molecule has 1 amide bonds. The molecule has 2 aliphatic rings. The second kappa shape index (κ2) is 4.60. The first kappa shape index (κ1) is 12.6. The van der Waals surface area contributed by atoms with Gasteiger partial charge in [0, 0.05) is 18.8 Å². The number of rotatable bonds is 1. The minimum absolute atomic E-state index is 0.183. The third-order valence-electron chi connectivity index (χ3n) is 4.63. The number of hydrogen-bond donors (Lipinski definition) is 1. The molecule has 0 aromatic carbocycles. The van der Waals surface area contributed by atoms with Crippen molar-refractivity contribution in [1.29, 1.82) is 0 Å². The molecular formula is C15H21N3O. The number of hydrogen-bond acceptors (Lipinski definition) is 3. The van der Waals surface area contributed by atoms with Crippen LogP contribution in [0.15, 0.2) is 18.3 Å². The molecule has 4 nitrogen and oxygen atoms in total. The van der Waals surface area contributed by atoms with Crippen molar-refractivity contribution in [2.75, 3.05) is 11.4 Å². The number of aryl methyl sites for hydroxylation is 1. The summed E-state index contributed by atoms with van der Waals surface area (Å²) in [5, 5.41) is 0. The molecule has 1 aromatic rings. The second-order valence-electron chi connectivity index (χ2n) is 5.99. The standard InChI is InChI=1S/C15H21N3O/c1-11-4-3-8-17-13(11)18-9-7-15(14(18)19)6-2-5-12(16)10-15/h3-4,8,12H,2,5-7,9-10,16H2,1H3. The van der Waals surface area contributed by atoms with Crippen molar-refractivity contribution in [3.8, 4) is 0 Å². The Morgan fingerprint density at radius 3 is 3.05 bits per heavy atom. The summed E-state index contributed by atoms with van der Waals surface area (Å²) in [5.74, 6) is 1.06. The highest BCUT2D eigenvalue weighted by atomic mass is 16.2. The van der Waals surface area contributed by atoms with E-state index in [0.717, 1.165) is 50.0 Å². The van der Waals surface area contributed by atoms with Gasteiger partial charge in [0.2, 0.25) is 5.91 Å². The van der Waals surface area contributed by atoms with Gasteiger partial charge in [-0.15, -0.1) is 0 Å². The van der Waals surface area contributed by atoms with Gasteiger partial charge in [0.05, 0.1) is 5.41 Å². The van der Waals surface area contributed by atoms with Crippen molar-refractivity contribution in [2.45, 2.75) is 45.1 Å². The Hall–Kier alpha value is -1.42. The summed E-state index contributed by atoms with van der Waals surface area (Å²) in [6.07, 6.45) is 6.64. The molecule has 2 atom stereocenters. The number of amides is 1. The van der Waals surface area contributed by atoms with E-state index < -0.39 is 0 Å². The number of pyridine rings is 1. The zero-order valence-corrected chi connectivity index (χ0v) is 11.4. The van der Waals surface area contributed by atoms with E-state index in [1.165, 1.54) is 0 Å². The molecule has 4 heteroatoms. The van der Waals surface area contributed by atoms with Gasteiger partial charge >= 0.3 is 0 Å². The highest BCUT2D eigenvalue weighted by molar-refractivity contribution is 5.99. The molecule has 102 valence electrons. The molecule has 3 rings (SSSR count). The van der Waals surface area contributed by atoms with Crippen molar-refractivity contribution in [1.82, 2.24) is 4.98 Å². The minimum Gasteiger partial charge on any atom is -0.328 e. The third-order valence-corrected chi connectivity index (χ3v) is 4.63. The molecular weight excluding hydrogens is 238 g/mol. The quantitative estimate of drug-likeness (QED) is 0.839. The first-order valence-corrected chi connectivity index (χ1v) is 7.12. The Kier molecular flexibility index (Phi) is 3.05. The average Bonchev–Trinajstić information content (AvgIpc) is 2.68. The first-order chi connectivity index (χ1) is 9.12. The number of nitrogens with two attached hydrogens (primary N) is 1. The predicted molar refractivity (Wildman–Crippen MR) is 74.8 cm³/mol. The van der Waals surface area contributed by atoms with Crippen LogP contribution in [0.1, 0.15) is 37.7 Å². The van der Waals surface area contributed by atoms with E-state index in [1.54, 1.807) is 6.20 Å². The molecule has 19 heavy (non-hydrogen) atoms. The lowest BCUT2D eigenvalue weighted by atomic mass is 9.71. The highest BCUT2D eigenvalue weighted by Crippen LogP contribution is 2.45. The van der Waals surface area contributed by atoms with Crippen LogP contribution in [0.25, 0.3) is 0 Å². The Bertz CT molecular complexity index is 502. The van der Waals surface area contributed by atoms with Crippen LogP contribution in [-0.2, 0) is 4.79 Å². The minimum atomic E-state index is -0.207. The predicted octanol–water partition coefficient (Wildman–Crippen LogP) is 2.01. The third kappa shape index (κ3) is 2.04. The molecule has 1 aromatic heterocycles. The molecule has 0 radical (unpaired) electrons. The summed E-state index contributed by atoms with van der Waals surface area (Å²) in [6, 6.07) is 4.10. The summed E-state index contributed by atoms with van der Waals surface area (Å²) >= 11 is 0. The van der Waals surface area contributed by atoms with Crippen LogP contribution in [0.3, 0.4) is 0 Å². The van der Waals surface area contributed by atoms with Crippen LogP contribution < -0.4 is 10.6 Å². The molecule has 1 saturated heterocycles. The van der Waals surface area contributed by atoms with E-state index in [-0.39, 0.29) is 17.4 Å². The van der Waals surface area contributed by atoms with Crippen LogP contribution >= 0.6 is 0 Å². The van der Waals surface area contributed by atoms with Gasteiger partial charge in [0.1, 0.15) is 5.82 Å². The zero-order chi connectivity index (χ0) is 13.5. The maximum atomic E-state index is 12.8. The van der Waals surface area contributed by atoms with Gasteiger partial charge in [-0.1, -0.05) is 12.5 Å². The Morgan fingerprint density at radius 1 is 1.47 bits per heavy atom. The second-order valence-corrected chi connectivity index (χ2v) is 5.99. The van der Waals surface area contributed by atoms with Gasteiger partial charge < -0.3 is 5.73 Å². The van der Waals surface area contributed by atoms with Gasteiger partial charge in [-0.2, -0.15) is 0 Å². The smallest absolute Gasteiger partial charge is 0.234 e. The van der Waals surface area contributed by atoms with Crippen molar-refractivity contribution < 1.29 is 4.79 Å². The van der Waals surface area contributed by atoms with Crippen LogP contribution in [0.4, 0.5) is 5.82 Å². The summed E-state index contributed by atoms with van der Waals surface area (Å²) in [7, 11) is 0. The van der Waals surface area contributed by atoms with Gasteiger partial charge in [0.25, 0.3) is 0 Å². The van der Waals surface area contributed by atoms with Gasteiger partial charge in [-0.05, 0) is 44.2 Å². The lowest BCUT2D eigenvalue weighted by Crippen LogP contribution is -2.42. The Balaban J connectivity index is 1.88. The lowest BCUT2D eigenvalue weighted by molar-refractivity contribution is -0.127. The fourth-order valence-corrected chi connectivity index (χ4v) is 3.61. The van der Waals surface area contributed by atoms with E-state index in [1.807, 2.05) is 24.0 Å². The monoisotopic (exact) mass is 259 g/mol. The summed E-state index contributed by atoms with van der Waals surface area (Å²) in [5.41, 5.74) is 6.94. The van der Waals surface area contributed by atoms with E-state index >= 15 is 0 Å².